The number of rotatable bonds is 4. The Morgan fingerprint density at radius 2 is 1.58 bits per heavy atom. The van der Waals surface area contributed by atoms with Crippen LogP contribution in [0.15, 0.2) is 83.5 Å². The van der Waals surface area contributed by atoms with Gasteiger partial charge >= 0.3 is 0 Å². The van der Waals surface area contributed by atoms with E-state index < -0.39 is 0 Å². The van der Waals surface area contributed by atoms with Crippen LogP contribution in [0.25, 0.3) is 0 Å². The lowest BCUT2D eigenvalue weighted by atomic mass is 9.93. The van der Waals surface area contributed by atoms with Crippen LogP contribution in [0.4, 0.5) is 0 Å². The minimum Gasteiger partial charge on any atom is -0.165 e. The second-order valence-corrected chi connectivity index (χ2v) is 8.52. The van der Waals surface area contributed by atoms with Crippen molar-refractivity contribution in [3.05, 3.63) is 83.5 Å². The number of allylic oxidation sites excluding steroid dienone is 10. The van der Waals surface area contributed by atoms with Crippen LogP contribution < -0.4 is 0 Å². The second-order valence-electron chi connectivity index (χ2n) is 7.19. The molecule has 24 heavy (non-hydrogen) atoms. The lowest BCUT2D eigenvalue weighted by Crippen LogP contribution is -2.07. The Bertz CT molecular complexity index is 768. The minimum atomic E-state index is 0.315. The van der Waals surface area contributed by atoms with Gasteiger partial charge in [-0.2, -0.15) is 11.1 Å². The van der Waals surface area contributed by atoms with E-state index in [1.54, 1.807) is 0 Å². The number of hydrogen-bond acceptors (Lipinski definition) is 0. The number of hydrogen-bond donors (Lipinski definition) is 0. The van der Waals surface area contributed by atoms with Crippen molar-refractivity contribution in [1.29, 1.82) is 0 Å². The molecule has 6 atom stereocenters. The van der Waals surface area contributed by atoms with E-state index in [1.165, 1.54) is 16.3 Å². The highest BCUT2D eigenvalue weighted by atomic mass is 35.6. The van der Waals surface area contributed by atoms with Crippen molar-refractivity contribution in [3.63, 3.8) is 0 Å². The zero-order valence-corrected chi connectivity index (χ0v) is 15.5. The molecule has 0 saturated heterocycles. The van der Waals surface area contributed by atoms with Crippen LogP contribution >= 0.6 is 11.1 Å². The Morgan fingerprint density at radius 3 is 2.12 bits per heavy atom. The van der Waals surface area contributed by atoms with Crippen molar-refractivity contribution in [2.45, 2.75) is 12.8 Å². The van der Waals surface area contributed by atoms with Crippen LogP contribution in [-0.2, 0) is 0 Å². The highest BCUT2D eigenvalue weighted by Gasteiger charge is 2.40. The Balaban J connectivity index is 1.52. The Morgan fingerprint density at radius 1 is 1.00 bits per heavy atom. The molecule has 2 heteroatoms. The molecule has 0 aliphatic heterocycles. The van der Waals surface area contributed by atoms with E-state index in [1.807, 2.05) is 0 Å². The lowest BCUT2D eigenvalue weighted by molar-refractivity contribution is 0.536. The molecular weight excluding hydrogens is 328 g/mol. The maximum absolute atomic E-state index is 6.27. The fourth-order valence-corrected chi connectivity index (χ4v) is 5.66. The normalized spacial score (nSPS) is 39.3. The van der Waals surface area contributed by atoms with Gasteiger partial charge in [-0.05, 0) is 52.9 Å². The van der Waals surface area contributed by atoms with Gasteiger partial charge in [-0.15, -0.1) is 11.5 Å². The molecule has 0 amide bonds. The predicted octanol–water partition coefficient (Wildman–Crippen LogP) is 5.35. The van der Waals surface area contributed by atoms with E-state index in [0.29, 0.717) is 44.3 Å². The smallest absolute Gasteiger partial charge is 0.165 e. The molecule has 2 radical (unpaired) electrons. The molecule has 0 nitrogen and oxygen atoms in total. The predicted molar refractivity (Wildman–Crippen MR) is 103 cm³/mol. The molecule has 120 valence electrons. The lowest BCUT2D eigenvalue weighted by Gasteiger charge is -2.13. The van der Waals surface area contributed by atoms with Gasteiger partial charge in [0.1, 0.15) is 0 Å². The summed E-state index contributed by atoms with van der Waals surface area (Å²) in [6.45, 7) is 7.69. The van der Waals surface area contributed by atoms with Gasteiger partial charge < -0.3 is 0 Å². The summed E-state index contributed by atoms with van der Waals surface area (Å²) < 4.78 is 0. The van der Waals surface area contributed by atoms with Crippen LogP contribution in [0.5, 0.6) is 0 Å². The molecule has 4 aliphatic rings. The topological polar surface area (TPSA) is 0 Å². The zero-order valence-electron chi connectivity index (χ0n) is 13.7. The highest BCUT2D eigenvalue weighted by Crippen LogP contribution is 2.49. The van der Waals surface area contributed by atoms with E-state index >= 15 is 0 Å². The Hall–Kier alpha value is -1.49. The molecule has 4 bridgehead atoms. The van der Waals surface area contributed by atoms with Gasteiger partial charge in [0.2, 0.25) is 8.83 Å². The van der Waals surface area contributed by atoms with Crippen LogP contribution in [-0.4, -0.2) is 8.83 Å². The first-order chi connectivity index (χ1) is 11.7. The van der Waals surface area contributed by atoms with Crippen molar-refractivity contribution < 1.29 is 0 Å². The van der Waals surface area contributed by atoms with Gasteiger partial charge in [0.25, 0.3) is 0 Å². The summed E-state index contributed by atoms with van der Waals surface area (Å²) in [5, 5.41) is 1.26. The van der Waals surface area contributed by atoms with Crippen molar-refractivity contribution in [2.75, 3.05) is 0 Å². The summed E-state index contributed by atoms with van der Waals surface area (Å²) in [4.78, 5) is 0. The van der Waals surface area contributed by atoms with E-state index in [2.05, 4.69) is 67.2 Å². The SMILES string of the molecule is C=C=C1CC2C=CC1C2C=CC(=CC1C2C=CC1C(=C=C)C2)[Si]Cl. The van der Waals surface area contributed by atoms with Gasteiger partial charge in [-0.3, -0.25) is 0 Å². The fraction of sp³-hybridized carbons (Fsp3) is 0.364. The molecule has 2 fully saturated rings. The summed E-state index contributed by atoms with van der Waals surface area (Å²) >= 11 is 6.27. The number of halogens is 1. The van der Waals surface area contributed by atoms with E-state index in [0.717, 1.165) is 12.8 Å². The maximum atomic E-state index is 6.27. The molecule has 4 rings (SSSR count). The summed E-state index contributed by atoms with van der Waals surface area (Å²) in [7, 11) is 0.315. The monoisotopic (exact) mass is 348 g/mol. The molecule has 2 saturated carbocycles. The first-order valence-electron chi connectivity index (χ1n) is 8.66. The van der Waals surface area contributed by atoms with Crippen molar-refractivity contribution >= 4 is 19.9 Å². The third-order valence-corrected chi connectivity index (χ3v) is 7.30. The van der Waals surface area contributed by atoms with Crippen molar-refractivity contribution in [3.8, 4) is 0 Å². The molecular formula is C22H21ClSi. The largest absolute Gasteiger partial charge is 0.210 e. The first kappa shape index (κ1) is 16.0. The van der Waals surface area contributed by atoms with E-state index in [4.69, 9.17) is 11.1 Å². The summed E-state index contributed by atoms with van der Waals surface area (Å²) in [5.74, 6) is 3.33. The molecule has 6 unspecified atom stereocenters. The molecule has 0 aromatic carbocycles. The summed E-state index contributed by atoms with van der Waals surface area (Å²) in [6, 6.07) is 0. The molecule has 4 aliphatic carbocycles. The summed E-state index contributed by atoms with van der Waals surface area (Å²) in [6.07, 6.45) is 18.6. The standard InChI is InChI=1S/C22H21ClSi/c1-3-14-11-16-5-8-19(14)21(16)10-7-18(24-23)13-22-17-6-9-20(22)15(4-2)12-17/h5-10,13,16-17,19-22H,1-2,11-12H2. The molecule has 0 N–H and O–H groups in total. The second kappa shape index (κ2) is 6.43. The van der Waals surface area contributed by atoms with Crippen molar-refractivity contribution in [2.24, 2.45) is 35.5 Å². The molecule has 0 heterocycles. The van der Waals surface area contributed by atoms with Crippen LogP contribution in [0.3, 0.4) is 0 Å². The van der Waals surface area contributed by atoms with Crippen LogP contribution in [0, 0.1) is 35.5 Å². The van der Waals surface area contributed by atoms with Crippen LogP contribution in [0.2, 0.25) is 0 Å². The van der Waals surface area contributed by atoms with Gasteiger partial charge in [0.05, 0.1) is 0 Å². The summed E-state index contributed by atoms with van der Waals surface area (Å²) in [5.41, 5.74) is 9.01. The Kier molecular flexibility index (Phi) is 4.29. The van der Waals surface area contributed by atoms with Gasteiger partial charge in [0, 0.05) is 11.8 Å². The average Bonchev–Trinajstić information content (AvgIpc) is 3.36. The fourth-order valence-electron chi connectivity index (χ4n) is 4.87. The maximum Gasteiger partial charge on any atom is 0.210 e. The average molecular weight is 349 g/mol. The quantitative estimate of drug-likeness (QED) is 0.211. The van der Waals surface area contributed by atoms with Gasteiger partial charge in [0.15, 0.2) is 0 Å². The van der Waals surface area contributed by atoms with Crippen LogP contribution in [0.1, 0.15) is 12.8 Å². The highest BCUT2D eigenvalue weighted by molar-refractivity contribution is 6.98. The number of fused-ring (bicyclic) bond motifs is 4. The first-order valence-corrected chi connectivity index (χ1v) is 10.7. The van der Waals surface area contributed by atoms with Crippen molar-refractivity contribution in [1.82, 2.24) is 0 Å². The molecule has 0 aromatic rings. The van der Waals surface area contributed by atoms with E-state index in [9.17, 15) is 0 Å². The third kappa shape index (κ3) is 2.53. The van der Waals surface area contributed by atoms with Gasteiger partial charge in [-0.25, -0.2) is 0 Å². The Labute approximate surface area is 151 Å². The zero-order chi connectivity index (χ0) is 16.7. The molecule has 0 spiro atoms. The third-order valence-electron chi connectivity index (χ3n) is 6.10. The van der Waals surface area contributed by atoms with Gasteiger partial charge in [-0.1, -0.05) is 55.7 Å². The van der Waals surface area contributed by atoms with E-state index in [-0.39, 0.29) is 0 Å². The molecule has 0 aromatic heterocycles. The minimum absolute atomic E-state index is 0.315.